The van der Waals surface area contributed by atoms with Gasteiger partial charge in [-0.25, -0.2) is 9.55 Å². The fourth-order valence-electron chi connectivity index (χ4n) is 3.21. The van der Waals surface area contributed by atoms with Crippen molar-refractivity contribution < 1.29 is 0 Å². The number of hydrogen-bond acceptors (Lipinski definition) is 6. The summed E-state index contributed by atoms with van der Waals surface area (Å²) in [5.41, 5.74) is 3.56. The van der Waals surface area contributed by atoms with Gasteiger partial charge in [-0.2, -0.15) is 0 Å². The zero-order chi connectivity index (χ0) is 21.2. The van der Waals surface area contributed by atoms with Crippen LogP contribution in [0.4, 0.5) is 0 Å². The zero-order valence-corrected chi connectivity index (χ0v) is 17.5. The highest BCUT2D eigenvalue weighted by atomic mass is 32.1. The van der Waals surface area contributed by atoms with Crippen LogP contribution in [0.5, 0.6) is 0 Å². The van der Waals surface area contributed by atoms with Crippen LogP contribution in [0.1, 0.15) is 17.0 Å². The molecule has 31 heavy (non-hydrogen) atoms. The van der Waals surface area contributed by atoms with Gasteiger partial charge < -0.3 is 0 Å². The maximum absolute atomic E-state index is 13.4. The normalized spacial score (nSPS) is 11.4. The lowest BCUT2D eigenvalue weighted by atomic mass is 10.2. The average molecular weight is 424 g/mol. The highest BCUT2D eigenvalue weighted by Gasteiger charge is 2.15. The molecule has 0 aliphatic rings. The molecule has 0 aliphatic heterocycles. The van der Waals surface area contributed by atoms with E-state index in [1.54, 1.807) is 18.5 Å². The van der Waals surface area contributed by atoms with Crippen LogP contribution >= 0.6 is 11.3 Å². The van der Waals surface area contributed by atoms with Crippen molar-refractivity contribution in [2.45, 2.75) is 6.92 Å². The summed E-state index contributed by atoms with van der Waals surface area (Å²) in [6.07, 6.45) is 7.16. The van der Waals surface area contributed by atoms with Crippen molar-refractivity contribution in [3.63, 3.8) is 0 Å². The maximum Gasteiger partial charge on any atom is 0.268 e. The van der Waals surface area contributed by atoms with Gasteiger partial charge in [0.1, 0.15) is 10.8 Å². The van der Waals surface area contributed by atoms with Gasteiger partial charge in [0.05, 0.1) is 10.9 Å². The van der Waals surface area contributed by atoms with E-state index < -0.39 is 0 Å². The molecule has 7 heteroatoms. The van der Waals surface area contributed by atoms with Crippen LogP contribution in [-0.4, -0.2) is 24.7 Å². The summed E-state index contributed by atoms with van der Waals surface area (Å²) in [6, 6.07) is 19.2. The van der Waals surface area contributed by atoms with Crippen molar-refractivity contribution in [1.29, 1.82) is 0 Å². The number of aryl methyl sites for hydroxylation is 1. The van der Waals surface area contributed by atoms with Crippen LogP contribution in [0, 0.1) is 6.92 Å². The highest BCUT2D eigenvalue weighted by molar-refractivity contribution is 7.17. The first-order valence-corrected chi connectivity index (χ1v) is 10.5. The van der Waals surface area contributed by atoms with E-state index in [1.165, 1.54) is 21.5 Å². The third-order valence-corrected chi connectivity index (χ3v) is 5.79. The van der Waals surface area contributed by atoms with Crippen LogP contribution in [0.25, 0.3) is 38.8 Å². The molecule has 0 bridgehead atoms. The van der Waals surface area contributed by atoms with Crippen molar-refractivity contribution in [3.05, 3.63) is 100 Å². The summed E-state index contributed by atoms with van der Waals surface area (Å²) >= 11 is 1.36. The molecule has 5 aromatic rings. The third kappa shape index (κ3) is 3.78. The quantitative estimate of drug-likeness (QED) is 0.416. The predicted octanol–water partition coefficient (Wildman–Crippen LogP) is 4.78. The molecular formula is C24H17N5OS. The van der Waals surface area contributed by atoms with E-state index in [-0.39, 0.29) is 5.56 Å². The van der Waals surface area contributed by atoms with Gasteiger partial charge in [-0.1, -0.05) is 59.4 Å². The SMILES string of the molecule is Cc1ccc(-c2nnc(-n3c(/C=C/c4ccncc4)nc4ccccc4c3=O)s2)cc1. The van der Waals surface area contributed by atoms with E-state index >= 15 is 0 Å². The molecular weight excluding hydrogens is 406 g/mol. The number of pyridine rings is 1. The van der Waals surface area contributed by atoms with Gasteiger partial charge in [-0.15, -0.1) is 10.2 Å². The minimum Gasteiger partial charge on any atom is -0.268 e. The minimum atomic E-state index is -0.174. The lowest BCUT2D eigenvalue weighted by molar-refractivity contribution is 0.899. The second kappa shape index (κ2) is 8.04. The Labute approximate surface area is 182 Å². The molecule has 0 aliphatic carbocycles. The fraction of sp³-hybridized carbons (Fsp3) is 0.0417. The van der Waals surface area contributed by atoms with E-state index in [9.17, 15) is 4.79 Å². The number of rotatable bonds is 4. The summed E-state index contributed by atoms with van der Waals surface area (Å²) in [5, 5.41) is 10.4. The summed E-state index contributed by atoms with van der Waals surface area (Å²) in [7, 11) is 0. The Hall–Kier alpha value is -3.97. The number of nitrogens with zero attached hydrogens (tertiary/aromatic N) is 5. The van der Waals surface area contributed by atoms with Gasteiger partial charge in [0.15, 0.2) is 0 Å². The van der Waals surface area contributed by atoms with Crippen molar-refractivity contribution in [2.24, 2.45) is 0 Å². The molecule has 0 atom stereocenters. The smallest absolute Gasteiger partial charge is 0.268 e. The van der Waals surface area contributed by atoms with E-state index in [1.807, 2.05) is 73.7 Å². The van der Waals surface area contributed by atoms with Crippen LogP contribution < -0.4 is 5.56 Å². The fourth-order valence-corrected chi connectivity index (χ4v) is 4.07. The Kier molecular flexibility index (Phi) is 4.93. The van der Waals surface area contributed by atoms with Gasteiger partial charge in [-0.05, 0) is 42.8 Å². The number of hydrogen-bond donors (Lipinski definition) is 0. The Morgan fingerprint density at radius 1 is 0.903 bits per heavy atom. The largest absolute Gasteiger partial charge is 0.268 e. The van der Waals surface area contributed by atoms with E-state index in [0.29, 0.717) is 21.9 Å². The van der Waals surface area contributed by atoms with Crippen LogP contribution in [-0.2, 0) is 0 Å². The molecule has 0 saturated carbocycles. The summed E-state index contributed by atoms with van der Waals surface area (Å²) in [5.74, 6) is 0.493. The standard InChI is InChI=1S/C24H17N5OS/c1-16-6-9-18(10-7-16)22-27-28-24(31-22)29-21(11-8-17-12-14-25-15-13-17)26-20-5-3-2-4-19(20)23(29)30/h2-15H,1H3/b11-8+. The number of aromatic nitrogens is 5. The Morgan fingerprint density at radius 2 is 1.68 bits per heavy atom. The molecule has 2 aromatic carbocycles. The molecule has 3 heterocycles. The van der Waals surface area contributed by atoms with Gasteiger partial charge in [0.25, 0.3) is 5.56 Å². The topological polar surface area (TPSA) is 73.6 Å². The first kappa shape index (κ1) is 19.0. The van der Waals surface area contributed by atoms with Crippen LogP contribution in [0.3, 0.4) is 0 Å². The van der Waals surface area contributed by atoms with Crippen LogP contribution in [0.15, 0.2) is 77.9 Å². The molecule has 0 fully saturated rings. The molecule has 0 spiro atoms. The Bertz CT molecular complexity index is 1450. The van der Waals surface area contributed by atoms with Crippen LogP contribution in [0.2, 0.25) is 0 Å². The van der Waals surface area contributed by atoms with Gasteiger partial charge in [0, 0.05) is 18.0 Å². The van der Waals surface area contributed by atoms with Gasteiger partial charge in [-0.3, -0.25) is 9.78 Å². The van der Waals surface area contributed by atoms with E-state index in [0.717, 1.165) is 16.1 Å². The monoisotopic (exact) mass is 423 g/mol. The average Bonchev–Trinajstić information content (AvgIpc) is 3.28. The molecule has 0 radical (unpaired) electrons. The van der Waals surface area contributed by atoms with Gasteiger partial charge in [0.2, 0.25) is 5.13 Å². The van der Waals surface area contributed by atoms with Crippen molar-refractivity contribution >= 4 is 34.4 Å². The zero-order valence-electron chi connectivity index (χ0n) is 16.6. The second-order valence-corrected chi connectivity index (χ2v) is 7.95. The van der Waals surface area contributed by atoms with E-state index in [4.69, 9.17) is 4.98 Å². The molecule has 150 valence electrons. The summed E-state index contributed by atoms with van der Waals surface area (Å²) in [6.45, 7) is 2.04. The lowest BCUT2D eigenvalue weighted by Crippen LogP contribution is -2.22. The maximum atomic E-state index is 13.4. The predicted molar refractivity (Wildman–Crippen MR) is 124 cm³/mol. The molecule has 3 aromatic heterocycles. The van der Waals surface area contributed by atoms with Crippen molar-refractivity contribution in [1.82, 2.24) is 24.7 Å². The molecule has 5 rings (SSSR count). The molecule has 0 amide bonds. The second-order valence-electron chi connectivity index (χ2n) is 7.00. The Morgan fingerprint density at radius 3 is 2.48 bits per heavy atom. The molecule has 6 nitrogen and oxygen atoms in total. The lowest BCUT2D eigenvalue weighted by Gasteiger charge is -2.07. The number of para-hydroxylation sites is 1. The summed E-state index contributed by atoms with van der Waals surface area (Å²) in [4.78, 5) is 22.1. The molecule has 0 saturated heterocycles. The third-order valence-electron chi connectivity index (χ3n) is 4.84. The first-order chi connectivity index (χ1) is 15.2. The molecule has 0 unspecified atom stereocenters. The first-order valence-electron chi connectivity index (χ1n) is 9.70. The Balaban J connectivity index is 1.67. The minimum absolute atomic E-state index is 0.174. The van der Waals surface area contributed by atoms with E-state index in [2.05, 4.69) is 15.2 Å². The van der Waals surface area contributed by atoms with Gasteiger partial charge >= 0.3 is 0 Å². The number of fused-ring (bicyclic) bond motifs is 1. The highest BCUT2D eigenvalue weighted by Crippen LogP contribution is 2.26. The molecule has 0 N–H and O–H groups in total. The number of benzene rings is 2. The van der Waals surface area contributed by atoms with Crippen molar-refractivity contribution in [3.8, 4) is 15.7 Å². The van der Waals surface area contributed by atoms with Crippen molar-refractivity contribution in [2.75, 3.05) is 0 Å². The summed E-state index contributed by atoms with van der Waals surface area (Å²) < 4.78 is 1.52.